The molecule has 6 heteroatoms. The van der Waals surface area contributed by atoms with E-state index in [-0.39, 0.29) is 12.2 Å². The maximum absolute atomic E-state index is 13.2. The van der Waals surface area contributed by atoms with Gasteiger partial charge in [0.1, 0.15) is 12.1 Å². The summed E-state index contributed by atoms with van der Waals surface area (Å²) in [5, 5.41) is 6.62. The molecule has 4 rings (SSSR count). The Morgan fingerprint density at radius 1 is 1.32 bits per heavy atom. The second-order valence-electron chi connectivity index (χ2n) is 5.22. The molecule has 0 radical (unpaired) electrons. The van der Waals surface area contributed by atoms with E-state index in [1.807, 2.05) is 24.1 Å². The van der Waals surface area contributed by atoms with Crippen molar-refractivity contribution < 1.29 is 9.13 Å². The third-order valence-electron chi connectivity index (χ3n) is 3.77. The van der Waals surface area contributed by atoms with Crippen LogP contribution in [0.1, 0.15) is 12.5 Å². The Bertz CT molecular complexity index is 733. The smallest absolute Gasteiger partial charge is 0.254 e. The zero-order valence-corrected chi connectivity index (χ0v) is 12.0. The molecule has 1 aromatic carbocycles. The van der Waals surface area contributed by atoms with Gasteiger partial charge in [-0.1, -0.05) is 0 Å². The van der Waals surface area contributed by atoms with Gasteiger partial charge < -0.3 is 15.4 Å². The lowest BCUT2D eigenvalue weighted by Crippen LogP contribution is -2.34. The number of fused-ring (bicyclic) bond motifs is 1. The SMILES string of the molecule is CC1=NCC=C(C2=C(c3ccc(F)cc3)NC3OC=CN23)N1. The van der Waals surface area contributed by atoms with Gasteiger partial charge in [-0.05, 0) is 37.3 Å². The van der Waals surface area contributed by atoms with Crippen molar-refractivity contribution in [3.8, 4) is 0 Å². The van der Waals surface area contributed by atoms with Gasteiger partial charge in [0, 0.05) is 11.8 Å². The van der Waals surface area contributed by atoms with Gasteiger partial charge in [0.15, 0.2) is 0 Å². The molecule has 5 nitrogen and oxygen atoms in total. The summed E-state index contributed by atoms with van der Waals surface area (Å²) in [6.45, 7) is 2.57. The summed E-state index contributed by atoms with van der Waals surface area (Å²) in [6, 6.07) is 6.43. The van der Waals surface area contributed by atoms with Crippen molar-refractivity contribution in [1.29, 1.82) is 0 Å². The van der Waals surface area contributed by atoms with E-state index in [2.05, 4.69) is 15.6 Å². The molecule has 0 bridgehead atoms. The van der Waals surface area contributed by atoms with E-state index < -0.39 is 0 Å². The fourth-order valence-corrected chi connectivity index (χ4v) is 2.76. The Morgan fingerprint density at radius 2 is 2.14 bits per heavy atom. The number of ether oxygens (including phenoxy) is 1. The summed E-state index contributed by atoms with van der Waals surface area (Å²) in [6.07, 6.45) is 5.30. The molecule has 3 heterocycles. The standard InChI is InChI=1S/C16H15FN4O/c1-10-18-7-6-13(19-10)15-14(11-2-4-12(17)5-3-11)20-16-21(15)8-9-22-16/h2-6,8-9,16,20H,7H2,1H3,(H,18,19). The summed E-state index contributed by atoms with van der Waals surface area (Å²) < 4.78 is 18.7. The van der Waals surface area contributed by atoms with Gasteiger partial charge in [0.05, 0.1) is 29.5 Å². The Hall–Kier alpha value is -2.76. The van der Waals surface area contributed by atoms with E-state index in [0.29, 0.717) is 6.54 Å². The quantitative estimate of drug-likeness (QED) is 0.878. The second-order valence-corrected chi connectivity index (χ2v) is 5.22. The highest BCUT2D eigenvalue weighted by Gasteiger charge is 2.36. The zero-order chi connectivity index (χ0) is 15.1. The summed E-state index contributed by atoms with van der Waals surface area (Å²) >= 11 is 0. The Labute approximate surface area is 127 Å². The normalized spacial score (nSPS) is 22.6. The molecule has 0 amide bonds. The van der Waals surface area contributed by atoms with Crippen molar-refractivity contribution >= 4 is 11.5 Å². The van der Waals surface area contributed by atoms with E-state index in [0.717, 1.165) is 28.5 Å². The van der Waals surface area contributed by atoms with Gasteiger partial charge in [-0.25, -0.2) is 4.39 Å². The number of amidine groups is 1. The lowest BCUT2D eigenvalue weighted by molar-refractivity contribution is 0.0763. The van der Waals surface area contributed by atoms with Crippen molar-refractivity contribution in [2.75, 3.05) is 6.54 Å². The molecule has 0 saturated carbocycles. The third-order valence-corrected chi connectivity index (χ3v) is 3.77. The predicted octanol–water partition coefficient (Wildman–Crippen LogP) is 2.09. The number of aliphatic imine (C=N–C) groups is 1. The largest absolute Gasteiger partial charge is 0.458 e. The first-order valence-corrected chi connectivity index (χ1v) is 7.08. The molecule has 0 saturated heterocycles. The molecule has 0 spiro atoms. The van der Waals surface area contributed by atoms with E-state index in [1.54, 1.807) is 18.4 Å². The first kappa shape index (κ1) is 12.9. The van der Waals surface area contributed by atoms with E-state index in [9.17, 15) is 4.39 Å². The molecule has 3 aliphatic rings. The lowest BCUT2D eigenvalue weighted by atomic mass is 10.1. The average molecular weight is 298 g/mol. The van der Waals surface area contributed by atoms with E-state index in [1.165, 1.54) is 12.1 Å². The van der Waals surface area contributed by atoms with E-state index in [4.69, 9.17) is 4.74 Å². The summed E-state index contributed by atoms with van der Waals surface area (Å²) in [4.78, 5) is 6.33. The van der Waals surface area contributed by atoms with Gasteiger partial charge in [-0.2, -0.15) is 0 Å². The molecule has 2 N–H and O–H groups in total. The van der Waals surface area contributed by atoms with Gasteiger partial charge >= 0.3 is 0 Å². The number of hydrogen-bond donors (Lipinski definition) is 2. The molecule has 1 aromatic rings. The fourth-order valence-electron chi connectivity index (χ4n) is 2.76. The number of hydrogen-bond acceptors (Lipinski definition) is 5. The third kappa shape index (κ3) is 2.04. The number of rotatable bonds is 2. The maximum atomic E-state index is 13.2. The van der Waals surface area contributed by atoms with Crippen LogP contribution in [0, 0.1) is 5.82 Å². The van der Waals surface area contributed by atoms with Crippen LogP contribution in [0.5, 0.6) is 0 Å². The van der Waals surface area contributed by atoms with Gasteiger partial charge in [-0.3, -0.25) is 9.89 Å². The Balaban J connectivity index is 1.80. The van der Waals surface area contributed by atoms with Gasteiger partial charge in [0.2, 0.25) is 0 Å². The summed E-state index contributed by atoms with van der Waals surface area (Å²) in [5.74, 6) is 0.620. The Morgan fingerprint density at radius 3 is 2.91 bits per heavy atom. The van der Waals surface area contributed by atoms with Crippen LogP contribution in [-0.4, -0.2) is 23.6 Å². The van der Waals surface area contributed by atoms with Crippen LogP contribution in [-0.2, 0) is 4.74 Å². The first-order chi connectivity index (χ1) is 10.7. The molecule has 0 aliphatic carbocycles. The molecule has 112 valence electrons. The number of halogens is 1. The maximum Gasteiger partial charge on any atom is 0.254 e. The minimum atomic E-state index is -0.267. The highest BCUT2D eigenvalue weighted by atomic mass is 19.1. The Kier molecular flexibility index (Phi) is 2.89. The van der Waals surface area contributed by atoms with E-state index >= 15 is 0 Å². The van der Waals surface area contributed by atoms with Crippen LogP contribution in [0.3, 0.4) is 0 Å². The molecule has 1 unspecified atom stereocenters. The first-order valence-electron chi connectivity index (χ1n) is 7.08. The molecular weight excluding hydrogens is 283 g/mol. The molecular formula is C16H15FN4O. The van der Waals surface area contributed by atoms with Gasteiger partial charge in [-0.15, -0.1) is 0 Å². The van der Waals surface area contributed by atoms with Crippen LogP contribution < -0.4 is 10.6 Å². The summed E-state index contributed by atoms with van der Waals surface area (Å²) in [7, 11) is 0. The van der Waals surface area contributed by atoms with Crippen molar-refractivity contribution in [2.45, 2.75) is 13.3 Å². The van der Waals surface area contributed by atoms with Crippen molar-refractivity contribution in [3.05, 3.63) is 65.6 Å². The minimum Gasteiger partial charge on any atom is -0.458 e. The van der Waals surface area contributed by atoms with Crippen LogP contribution in [0.15, 0.2) is 59.2 Å². The molecule has 0 fully saturated rings. The highest BCUT2D eigenvalue weighted by molar-refractivity contribution is 5.85. The topological polar surface area (TPSA) is 48.9 Å². The molecule has 22 heavy (non-hydrogen) atoms. The fraction of sp³-hybridized carbons (Fsp3) is 0.188. The average Bonchev–Trinajstić information content (AvgIpc) is 3.08. The monoisotopic (exact) mass is 298 g/mol. The van der Waals surface area contributed by atoms with Crippen molar-refractivity contribution in [1.82, 2.24) is 15.5 Å². The number of nitrogens with one attached hydrogen (secondary N) is 2. The number of nitrogens with zero attached hydrogens (tertiary/aromatic N) is 2. The zero-order valence-electron chi connectivity index (χ0n) is 12.0. The van der Waals surface area contributed by atoms with Crippen molar-refractivity contribution in [2.24, 2.45) is 4.99 Å². The molecule has 0 aromatic heterocycles. The van der Waals surface area contributed by atoms with Crippen LogP contribution in [0.25, 0.3) is 5.70 Å². The van der Waals surface area contributed by atoms with Gasteiger partial charge in [0.25, 0.3) is 6.35 Å². The second kappa shape index (κ2) is 4.91. The van der Waals surface area contributed by atoms with Crippen LogP contribution in [0.2, 0.25) is 0 Å². The van der Waals surface area contributed by atoms with Crippen molar-refractivity contribution in [3.63, 3.8) is 0 Å². The predicted molar refractivity (Wildman–Crippen MR) is 81.5 cm³/mol. The lowest BCUT2D eigenvalue weighted by Gasteiger charge is -2.22. The summed E-state index contributed by atoms with van der Waals surface area (Å²) in [5.41, 5.74) is 3.75. The number of benzene rings is 1. The molecule has 1 atom stereocenters. The highest BCUT2D eigenvalue weighted by Crippen LogP contribution is 2.34. The molecule has 3 aliphatic heterocycles. The minimum absolute atomic E-state index is 0.251. The van der Waals surface area contributed by atoms with Crippen LogP contribution >= 0.6 is 0 Å². The van der Waals surface area contributed by atoms with Crippen LogP contribution in [0.4, 0.5) is 4.39 Å².